The molecule has 1 fully saturated rings. The summed E-state index contributed by atoms with van der Waals surface area (Å²) in [5.41, 5.74) is 2.50. The van der Waals surface area contributed by atoms with E-state index in [1.807, 2.05) is 19.2 Å². The summed E-state index contributed by atoms with van der Waals surface area (Å²) in [6.45, 7) is 8.06. The quantitative estimate of drug-likeness (QED) is 0.552. The molecule has 0 saturated heterocycles. The standard InChI is InChI=1S/C26H28FN3O3/c1-16-6-8-20(21(27)12-16)26(10-11-26)24(32)29-18-7-9-22(19(13-18)23(31)33-5)30-15-17(14-28-30)25(2,3)4/h6-9,12-15H,10-11H2,1-5H3,(H,29,32). The molecule has 2 aromatic carbocycles. The van der Waals surface area contributed by atoms with Gasteiger partial charge in [-0.05, 0) is 60.6 Å². The smallest absolute Gasteiger partial charge is 0.340 e. The van der Waals surface area contributed by atoms with Crippen molar-refractivity contribution in [1.29, 1.82) is 0 Å². The van der Waals surface area contributed by atoms with Crippen molar-refractivity contribution in [3.8, 4) is 5.69 Å². The molecule has 1 heterocycles. The van der Waals surface area contributed by atoms with Gasteiger partial charge in [-0.3, -0.25) is 4.79 Å². The van der Waals surface area contributed by atoms with Crippen LogP contribution in [0.3, 0.4) is 0 Å². The highest BCUT2D eigenvalue weighted by atomic mass is 19.1. The van der Waals surface area contributed by atoms with Gasteiger partial charge in [-0.1, -0.05) is 32.9 Å². The molecule has 0 spiro atoms. The molecule has 1 aromatic heterocycles. The maximum Gasteiger partial charge on any atom is 0.340 e. The summed E-state index contributed by atoms with van der Waals surface area (Å²) in [6.07, 6.45) is 4.79. The summed E-state index contributed by atoms with van der Waals surface area (Å²) in [4.78, 5) is 25.7. The van der Waals surface area contributed by atoms with E-state index in [9.17, 15) is 14.0 Å². The molecule has 0 atom stereocenters. The molecule has 7 heteroatoms. The van der Waals surface area contributed by atoms with Crippen molar-refractivity contribution in [3.05, 3.63) is 76.9 Å². The molecule has 1 aliphatic carbocycles. The summed E-state index contributed by atoms with van der Waals surface area (Å²) in [5, 5.41) is 7.28. The van der Waals surface area contributed by atoms with Crippen LogP contribution in [0.5, 0.6) is 0 Å². The first-order valence-corrected chi connectivity index (χ1v) is 10.9. The first-order chi connectivity index (χ1) is 15.5. The molecule has 0 bridgehead atoms. The predicted octanol–water partition coefficient (Wildman–Crippen LogP) is 5.07. The van der Waals surface area contributed by atoms with Crippen LogP contribution >= 0.6 is 0 Å². The molecule has 6 nitrogen and oxygen atoms in total. The lowest BCUT2D eigenvalue weighted by Gasteiger charge is -2.18. The first kappa shape index (κ1) is 22.7. The molecule has 1 N–H and O–H groups in total. The van der Waals surface area contributed by atoms with Gasteiger partial charge in [0.15, 0.2) is 0 Å². The molecule has 0 unspecified atom stereocenters. The Labute approximate surface area is 192 Å². The van der Waals surface area contributed by atoms with Gasteiger partial charge in [-0.2, -0.15) is 5.10 Å². The van der Waals surface area contributed by atoms with Crippen LogP contribution < -0.4 is 5.32 Å². The lowest BCUT2D eigenvalue weighted by Crippen LogP contribution is -2.29. The molecule has 33 heavy (non-hydrogen) atoms. The summed E-state index contributed by atoms with van der Waals surface area (Å²) in [5.74, 6) is -1.20. The normalized spacial score (nSPS) is 14.6. The zero-order valence-corrected chi connectivity index (χ0v) is 19.5. The number of anilines is 1. The number of esters is 1. The Morgan fingerprint density at radius 2 is 1.88 bits per heavy atom. The second kappa shape index (κ2) is 8.14. The van der Waals surface area contributed by atoms with Crippen LogP contribution in [0.1, 0.15) is 60.7 Å². The van der Waals surface area contributed by atoms with Gasteiger partial charge in [0.25, 0.3) is 0 Å². The monoisotopic (exact) mass is 449 g/mol. The molecule has 3 aromatic rings. The van der Waals surface area contributed by atoms with Gasteiger partial charge in [0, 0.05) is 17.4 Å². The van der Waals surface area contributed by atoms with Crippen molar-refractivity contribution in [2.45, 2.75) is 51.4 Å². The van der Waals surface area contributed by atoms with Crippen LogP contribution in [0.25, 0.3) is 5.69 Å². The van der Waals surface area contributed by atoms with Crippen LogP contribution in [0.2, 0.25) is 0 Å². The number of aromatic nitrogens is 2. The van der Waals surface area contributed by atoms with Crippen LogP contribution in [0, 0.1) is 12.7 Å². The van der Waals surface area contributed by atoms with Gasteiger partial charge in [-0.15, -0.1) is 0 Å². The minimum atomic E-state index is -0.883. The molecule has 1 saturated carbocycles. The van der Waals surface area contributed by atoms with E-state index in [4.69, 9.17) is 4.74 Å². The fraction of sp³-hybridized carbons (Fsp3) is 0.346. The van der Waals surface area contributed by atoms with Crippen LogP contribution in [-0.4, -0.2) is 28.8 Å². The van der Waals surface area contributed by atoms with Gasteiger partial charge in [-0.25, -0.2) is 13.9 Å². The second-order valence-corrected chi connectivity index (χ2v) is 9.67. The number of hydrogen-bond donors (Lipinski definition) is 1. The average Bonchev–Trinajstić information content (AvgIpc) is 3.40. The van der Waals surface area contributed by atoms with E-state index in [1.54, 1.807) is 35.1 Å². The topological polar surface area (TPSA) is 73.2 Å². The number of amides is 1. The Balaban J connectivity index is 1.65. The Morgan fingerprint density at radius 1 is 1.15 bits per heavy atom. The van der Waals surface area contributed by atoms with Crippen LogP contribution in [0.4, 0.5) is 10.1 Å². The van der Waals surface area contributed by atoms with Crippen LogP contribution in [-0.2, 0) is 20.4 Å². The van der Waals surface area contributed by atoms with E-state index in [1.165, 1.54) is 13.2 Å². The Bertz CT molecular complexity index is 1240. The number of halogens is 1. The van der Waals surface area contributed by atoms with Crippen molar-refractivity contribution in [1.82, 2.24) is 9.78 Å². The number of hydrogen-bond acceptors (Lipinski definition) is 4. The molecule has 1 aliphatic rings. The van der Waals surface area contributed by atoms with Crippen LogP contribution in [0.15, 0.2) is 48.8 Å². The zero-order chi connectivity index (χ0) is 24.0. The maximum atomic E-state index is 14.6. The number of nitrogens with zero attached hydrogens (tertiary/aromatic N) is 2. The molecular weight excluding hydrogens is 421 g/mol. The molecule has 172 valence electrons. The van der Waals surface area contributed by atoms with E-state index in [2.05, 4.69) is 31.2 Å². The Morgan fingerprint density at radius 3 is 2.45 bits per heavy atom. The number of methoxy groups -OCH3 is 1. The SMILES string of the molecule is COC(=O)c1cc(NC(=O)C2(c3ccc(C)cc3F)CC2)ccc1-n1cc(C(C)(C)C)cn1. The van der Waals surface area contributed by atoms with E-state index in [0.29, 0.717) is 29.8 Å². The summed E-state index contributed by atoms with van der Waals surface area (Å²) >= 11 is 0. The predicted molar refractivity (Wildman–Crippen MR) is 124 cm³/mol. The number of carbonyl (C=O) groups is 2. The van der Waals surface area contributed by atoms with E-state index >= 15 is 0 Å². The van der Waals surface area contributed by atoms with Gasteiger partial charge in [0.1, 0.15) is 5.82 Å². The number of ether oxygens (including phenoxy) is 1. The number of carbonyl (C=O) groups excluding carboxylic acids is 2. The lowest BCUT2D eigenvalue weighted by molar-refractivity contribution is -0.118. The molecular formula is C26H28FN3O3. The zero-order valence-electron chi connectivity index (χ0n) is 19.5. The second-order valence-electron chi connectivity index (χ2n) is 9.67. The van der Waals surface area contributed by atoms with E-state index in [0.717, 1.165) is 11.1 Å². The Hall–Kier alpha value is -3.48. The first-order valence-electron chi connectivity index (χ1n) is 10.9. The van der Waals surface area contributed by atoms with Crippen molar-refractivity contribution < 1.29 is 18.7 Å². The van der Waals surface area contributed by atoms with Crippen molar-refractivity contribution in [2.75, 3.05) is 12.4 Å². The molecule has 1 amide bonds. The van der Waals surface area contributed by atoms with Gasteiger partial charge < -0.3 is 10.1 Å². The lowest BCUT2D eigenvalue weighted by atomic mass is 9.90. The molecule has 0 aliphatic heterocycles. The maximum absolute atomic E-state index is 14.6. The van der Waals surface area contributed by atoms with E-state index < -0.39 is 11.4 Å². The number of nitrogens with one attached hydrogen (secondary N) is 1. The third-order valence-electron chi connectivity index (χ3n) is 6.18. The Kier molecular flexibility index (Phi) is 5.60. The summed E-state index contributed by atoms with van der Waals surface area (Å²) in [7, 11) is 1.31. The fourth-order valence-corrected chi connectivity index (χ4v) is 3.93. The number of aryl methyl sites for hydroxylation is 1. The van der Waals surface area contributed by atoms with Gasteiger partial charge >= 0.3 is 5.97 Å². The van der Waals surface area contributed by atoms with E-state index in [-0.39, 0.29) is 22.7 Å². The van der Waals surface area contributed by atoms with Crippen molar-refractivity contribution >= 4 is 17.6 Å². The third kappa shape index (κ3) is 4.27. The van der Waals surface area contributed by atoms with Crippen molar-refractivity contribution in [2.24, 2.45) is 0 Å². The summed E-state index contributed by atoms with van der Waals surface area (Å²) in [6, 6.07) is 9.94. The highest BCUT2D eigenvalue weighted by molar-refractivity contribution is 6.03. The van der Waals surface area contributed by atoms with Gasteiger partial charge in [0.05, 0.1) is 30.0 Å². The minimum Gasteiger partial charge on any atom is -0.465 e. The fourth-order valence-electron chi connectivity index (χ4n) is 3.93. The molecule has 4 rings (SSSR count). The largest absolute Gasteiger partial charge is 0.465 e. The third-order valence-corrected chi connectivity index (χ3v) is 6.18. The average molecular weight is 450 g/mol. The van der Waals surface area contributed by atoms with Gasteiger partial charge in [0.2, 0.25) is 5.91 Å². The number of benzene rings is 2. The highest BCUT2D eigenvalue weighted by Gasteiger charge is 2.52. The summed E-state index contributed by atoms with van der Waals surface area (Å²) < 4.78 is 21.2. The molecule has 0 radical (unpaired) electrons. The minimum absolute atomic E-state index is 0.0958. The highest BCUT2D eigenvalue weighted by Crippen LogP contribution is 2.50. The number of rotatable bonds is 5. The van der Waals surface area contributed by atoms with Crippen molar-refractivity contribution in [3.63, 3.8) is 0 Å².